The van der Waals surface area contributed by atoms with Crippen molar-refractivity contribution >= 4 is 29.1 Å². The molecule has 4 nitrogen and oxygen atoms in total. The van der Waals surface area contributed by atoms with Crippen LogP contribution < -0.4 is 0 Å². The van der Waals surface area contributed by atoms with E-state index in [0.29, 0.717) is 21.4 Å². The van der Waals surface area contributed by atoms with Crippen LogP contribution in [0.2, 0.25) is 5.02 Å². The largest absolute Gasteiger partial charge is 0.304 e. The molecule has 0 saturated carbocycles. The zero-order chi connectivity index (χ0) is 13.8. The van der Waals surface area contributed by atoms with E-state index in [1.165, 1.54) is 17.8 Å². The Morgan fingerprint density at radius 3 is 2.84 bits per heavy atom. The van der Waals surface area contributed by atoms with Gasteiger partial charge < -0.3 is 0 Å². The van der Waals surface area contributed by atoms with Crippen LogP contribution in [-0.4, -0.2) is 9.91 Å². The molecule has 0 radical (unpaired) electrons. The number of hydrogen-bond donors (Lipinski definition) is 0. The van der Waals surface area contributed by atoms with Gasteiger partial charge in [-0.25, -0.2) is 4.98 Å². The van der Waals surface area contributed by atoms with Crippen LogP contribution in [0, 0.1) is 15.9 Å². The molecule has 2 rings (SSSR count). The number of nitrogens with zero attached hydrogens (tertiary/aromatic N) is 2. The number of hydrogen-bond acceptors (Lipinski definition) is 4. The third-order valence-corrected chi connectivity index (χ3v) is 3.80. The third kappa shape index (κ3) is 3.42. The van der Waals surface area contributed by atoms with E-state index in [4.69, 9.17) is 11.6 Å². The summed E-state index contributed by atoms with van der Waals surface area (Å²) in [4.78, 5) is 13.8. The van der Waals surface area contributed by atoms with Gasteiger partial charge in [-0.3, -0.25) is 10.1 Å². The van der Waals surface area contributed by atoms with Gasteiger partial charge in [0.15, 0.2) is 0 Å². The molecule has 7 heteroatoms. The van der Waals surface area contributed by atoms with Gasteiger partial charge in [-0.15, -0.1) is 11.8 Å². The van der Waals surface area contributed by atoms with Gasteiger partial charge in [-0.2, -0.15) is 4.39 Å². The summed E-state index contributed by atoms with van der Waals surface area (Å²) in [6.07, 6.45) is 1.62. The van der Waals surface area contributed by atoms with Gasteiger partial charge in [0, 0.05) is 18.0 Å². The van der Waals surface area contributed by atoms with Crippen LogP contribution in [0.5, 0.6) is 0 Å². The van der Waals surface area contributed by atoms with Crippen molar-refractivity contribution in [2.75, 3.05) is 0 Å². The number of thioether (sulfide) groups is 1. The van der Waals surface area contributed by atoms with E-state index < -0.39 is 16.4 Å². The highest BCUT2D eigenvalue weighted by Crippen LogP contribution is 2.28. The van der Waals surface area contributed by atoms with Gasteiger partial charge in [0.25, 0.3) is 0 Å². The molecule has 0 aliphatic rings. The van der Waals surface area contributed by atoms with Gasteiger partial charge in [0.1, 0.15) is 5.03 Å². The lowest BCUT2D eigenvalue weighted by Gasteiger charge is -2.03. The highest BCUT2D eigenvalue weighted by Gasteiger charge is 2.14. The van der Waals surface area contributed by atoms with E-state index in [-0.39, 0.29) is 0 Å². The van der Waals surface area contributed by atoms with E-state index in [1.54, 1.807) is 18.3 Å². The van der Waals surface area contributed by atoms with Crippen molar-refractivity contribution in [1.29, 1.82) is 0 Å². The van der Waals surface area contributed by atoms with Crippen LogP contribution in [0.1, 0.15) is 5.56 Å². The van der Waals surface area contributed by atoms with Gasteiger partial charge in [0.2, 0.25) is 5.82 Å². The molecule has 0 bridgehead atoms. The van der Waals surface area contributed by atoms with Gasteiger partial charge in [-0.1, -0.05) is 17.7 Å². The highest BCUT2D eigenvalue weighted by molar-refractivity contribution is 7.98. The van der Waals surface area contributed by atoms with Crippen molar-refractivity contribution in [3.8, 4) is 0 Å². The number of nitro benzene ring substituents is 1. The summed E-state index contributed by atoms with van der Waals surface area (Å²) in [7, 11) is 0. The summed E-state index contributed by atoms with van der Waals surface area (Å²) in [6.45, 7) is 0. The van der Waals surface area contributed by atoms with Crippen molar-refractivity contribution in [2.24, 2.45) is 0 Å². The summed E-state index contributed by atoms with van der Waals surface area (Å²) in [5, 5.41) is 11.7. The van der Waals surface area contributed by atoms with Crippen molar-refractivity contribution in [2.45, 2.75) is 10.8 Å². The molecule has 0 spiro atoms. The third-order valence-electron chi connectivity index (χ3n) is 2.31. The quantitative estimate of drug-likeness (QED) is 0.485. The van der Waals surface area contributed by atoms with Crippen molar-refractivity contribution in [1.82, 2.24) is 4.98 Å². The van der Waals surface area contributed by atoms with E-state index in [2.05, 4.69) is 4.98 Å². The summed E-state index contributed by atoms with van der Waals surface area (Å²) >= 11 is 7.29. The Bertz CT molecular complexity index is 624. The van der Waals surface area contributed by atoms with Crippen molar-refractivity contribution in [3.05, 3.63) is 63.0 Å². The molecule has 0 N–H and O–H groups in total. The maximum absolute atomic E-state index is 13.4. The SMILES string of the molecule is O=[N+]([O-])c1ccc(CSc2ncccc2Cl)cc1F. The second-order valence-electron chi connectivity index (χ2n) is 3.62. The minimum atomic E-state index is -0.838. The fraction of sp³-hybridized carbons (Fsp3) is 0.0833. The van der Waals surface area contributed by atoms with E-state index in [1.807, 2.05) is 0 Å². The Hall–Kier alpha value is -1.66. The number of benzene rings is 1. The molecule has 1 aromatic carbocycles. The maximum atomic E-state index is 13.4. The molecular weight excluding hydrogens is 291 g/mol. The Kier molecular flexibility index (Phi) is 4.34. The van der Waals surface area contributed by atoms with Crippen LogP contribution in [0.15, 0.2) is 41.6 Å². The van der Waals surface area contributed by atoms with Gasteiger partial charge >= 0.3 is 5.69 Å². The fourth-order valence-corrected chi connectivity index (χ4v) is 2.53. The molecule has 0 aliphatic heterocycles. The first-order chi connectivity index (χ1) is 9.08. The molecule has 0 fully saturated rings. The molecule has 1 heterocycles. The van der Waals surface area contributed by atoms with Crippen molar-refractivity contribution in [3.63, 3.8) is 0 Å². The molecule has 0 aliphatic carbocycles. The first-order valence-electron chi connectivity index (χ1n) is 5.24. The molecule has 2 aromatic rings. The number of halogens is 2. The summed E-state index contributed by atoms with van der Waals surface area (Å²) in [5.41, 5.74) is 0.111. The van der Waals surface area contributed by atoms with E-state index >= 15 is 0 Å². The number of aromatic nitrogens is 1. The van der Waals surface area contributed by atoms with Crippen molar-refractivity contribution < 1.29 is 9.31 Å². The zero-order valence-corrected chi connectivity index (χ0v) is 11.1. The molecule has 19 heavy (non-hydrogen) atoms. The monoisotopic (exact) mass is 298 g/mol. The molecule has 0 amide bonds. The fourth-order valence-electron chi connectivity index (χ4n) is 1.42. The lowest BCUT2D eigenvalue weighted by Crippen LogP contribution is -1.93. The van der Waals surface area contributed by atoms with E-state index in [9.17, 15) is 14.5 Å². The predicted octanol–water partition coefficient (Wildman–Crippen LogP) is 4.07. The first-order valence-corrected chi connectivity index (χ1v) is 6.60. The number of rotatable bonds is 4. The smallest absolute Gasteiger partial charge is 0.258 e. The summed E-state index contributed by atoms with van der Waals surface area (Å²) in [5.74, 6) is -0.402. The normalized spacial score (nSPS) is 10.4. The first kappa shape index (κ1) is 13.8. The summed E-state index contributed by atoms with van der Waals surface area (Å²) in [6, 6.07) is 7.27. The molecule has 98 valence electrons. The Balaban J connectivity index is 2.11. The Morgan fingerprint density at radius 1 is 1.42 bits per heavy atom. The highest BCUT2D eigenvalue weighted by atomic mass is 35.5. The van der Waals surface area contributed by atoms with E-state index in [0.717, 1.165) is 12.1 Å². The molecule has 0 atom stereocenters. The minimum Gasteiger partial charge on any atom is -0.258 e. The lowest BCUT2D eigenvalue weighted by molar-refractivity contribution is -0.387. The van der Waals surface area contributed by atoms with Crippen LogP contribution in [-0.2, 0) is 5.75 Å². The standard InChI is InChI=1S/C12H8ClFN2O2S/c13-9-2-1-5-15-12(9)19-7-8-3-4-11(16(17)18)10(14)6-8/h1-6H,7H2. The average Bonchev–Trinajstić information content (AvgIpc) is 2.37. The average molecular weight is 299 g/mol. The second kappa shape index (κ2) is 5.99. The maximum Gasteiger partial charge on any atom is 0.304 e. The molecular formula is C12H8ClFN2O2S. The van der Waals surface area contributed by atoms with Crippen LogP contribution in [0.4, 0.5) is 10.1 Å². The number of nitro groups is 1. The minimum absolute atomic E-state index is 0.436. The second-order valence-corrected chi connectivity index (χ2v) is 4.99. The van der Waals surface area contributed by atoms with Gasteiger partial charge in [-0.05, 0) is 23.8 Å². The number of pyridine rings is 1. The molecule has 0 unspecified atom stereocenters. The zero-order valence-electron chi connectivity index (χ0n) is 9.55. The van der Waals surface area contributed by atoms with Crippen LogP contribution in [0.3, 0.4) is 0 Å². The molecule has 0 saturated heterocycles. The lowest BCUT2D eigenvalue weighted by atomic mass is 10.2. The predicted molar refractivity (Wildman–Crippen MR) is 71.9 cm³/mol. The van der Waals surface area contributed by atoms with Crippen LogP contribution in [0.25, 0.3) is 0 Å². The Labute approximate surface area is 117 Å². The Morgan fingerprint density at radius 2 is 2.21 bits per heavy atom. The van der Waals surface area contributed by atoms with Crippen LogP contribution >= 0.6 is 23.4 Å². The van der Waals surface area contributed by atoms with Gasteiger partial charge in [0.05, 0.1) is 9.95 Å². The topological polar surface area (TPSA) is 56.0 Å². The summed E-state index contributed by atoms with van der Waals surface area (Å²) < 4.78 is 13.4. The molecule has 1 aromatic heterocycles.